The molecule has 3 aromatic rings. The van der Waals surface area contributed by atoms with Crippen molar-refractivity contribution in [1.82, 2.24) is 10.3 Å². The topological polar surface area (TPSA) is 107 Å². The Morgan fingerprint density at radius 1 is 1.09 bits per heavy atom. The number of ether oxygens (including phenoxy) is 1. The molecule has 9 heteroatoms. The van der Waals surface area contributed by atoms with Crippen LogP contribution in [0.5, 0.6) is 0 Å². The zero-order chi connectivity index (χ0) is 30.7. The third-order valence-corrected chi connectivity index (χ3v) is 8.56. The molecule has 2 aromatic carbocycles. The maximum atomic E-state index is 13.8. The van der Waals surface area contributed by atoms with E-state index >= 15 is 0 Å². The fourth-order valence-electron chi connectivity index (χ4n) is 6.24. The van der Waals surface area contributed by atoms with E-state index in [-0.39, 0.29) is 23.9 Å². The number of nitrogens with zero attached hydrogens (tertiary/aromatic N) is 2. The van der Waals surface area contributed by atoms with Crippen LogP contribution in [-0.4, -0.2) is 42.6 Å². The van der Waals surface area contributed by atoms with Gasteiger partial charge in [-0.05, 0) is 99.2 Å². The second kappa shape index (κ2) is 12.9. The number of aromatic amines is 1. The van der Waals surface area contributed by atoms with Gasteiger partial charge in [0.25, 0.3) is 11.5 Å². The maximum absolute atomic E-state index is 13.8. The lowest BCUT2D eigenvalue weighted by atomic mass is 9.99. The van der Waals surface area contributed by atoms with Gasteiger partial charge in [-0.2, -0.15) is 0 Å². The molecule has 3 heterocycles. The summed E-state index contributed by atoms with van der Waals surface area (Å²) < 4.78 is 5.65. The predicted octanol–water partition coefficient (Wildman–Crippen LogP) is 4.88. The number of pyridine rings is 1. The molecule has 0 atom stereocenters. The summed E-state index contributed by atoms with van der Waals surface area (Å²) in [6.45, 7) is 15.2. The van der Waals surface area contributed by atoms with Crippen molar-refractivity contribution in [2.75, 3.05) is 34.9 Å². The van der Waals surface area contributed by atoms with Crippen molar-refractivity contribution in [3.05, 3.63) is 98.5 Å². The molecule has 1 saturated heterocycles. The summed E-state index contributed by atoms with van der Waals surface area (Å²) in [5.41, 5.74) is 8.54. The van der Waals surface area contributed by atoms with Gasteiger partial charge in [0, 0.05) is 79.3 Å². The van der Waals surface area contributed by atoms with Crippen LogP contribution in [0.1, 0.15) is 63.6 Å². The first-order valence-electron chi connectivity index (χ1n) is 14.9. The summed E-state index contributed by atoms with van der Waals surface area (Å²) >= 11 is 0. The van der Waals surface area contributed by atoms with Crippen molar-refractivity contribution < 1.29 is 14.3 Å². The molecular formula is C34H41N5O4. The molecule has 5 rings (SSSR count). The Hall–Kier alpha value is -4.37. The highest BCUT2D eigenvalue weighted by Crippen LogP contribution is 2.37. The van der Waals surface area contributed by atoms with Gasteiger partial charge >= 0.3 is 0 Å². The minimum Gasteiger partial charge on any atom is -0.381 e. The number of amides is 2. The normalized spacial score (nSPS) is 14.7. The standard InChI is InChI=1S/C34H41N5O4/c1-6-32(40)37-26-9-8-24-19-38(20-25(24)15-26)28-16-29(33(41)35-18-30-21(3)14-22(4)36-34(30)42)23(5)31(17-28)39(7-2)27-10-12-43-13-11-27/h6,8-9,14-17,27H,1,7,10-13,18-20H2,2-5H3,(H,35,41)(H,36,42)(H,37,40). The smallest absolute Gasteiger partial charge is 0.253 e. The van der Waals surface area contributed by atoms with Gasteiger partial charge in [0.15, 0.2) is 0 Å². The molecule has 0 aliphatic carbocycles. The molecule has 3 N–H and O–H groups in total. The molecule has 43 heavy (non-hydrogen) atoms. The quantitative estimate of drug-likeness (QED) is 0.310. The van der Waals surface area contributed by atoms with E-state index in [2.05, 4.69) is 45.0 Å². The van der Waals surface area contributed by atoms with Gasteiger partial charge in [0.1, 0.15) is 0 Å². The fourth-order valence-corrected chi connectivity index (χ4v) is 6.24. The van der Waals surface area contributed by atoms with E-state index in [1.165, 1.54) is 11.6 Å². The average Bonchev–Trinajstić information content (AvgIpc) is 3.41. The monoisotopic (exact) mass is 583 g/mol. The van der Waals surface area contributed by atoms with E-state index in [0.29, 0.717) is 30.3 Å². The van der Waals surface area contributed by atoms with Gasteiger partial charge in [0.2, 0.25) is 5.91 Å². The number of carbonyl (C=O) groups excluding carboxylic acids is 2. The predicted molar refractivity (Wildman–Crippen MR) is 171 cm³/mol. The lowest BCUT2D eigenvalue weighted by Crippen LogP contribution is -2.40. The van der Waals surface area contributed by atoms with Crippen LogP contribution in [0.4, 0.5) is 17.1 Å². The lowest BCUT2D eigenvalue weighted by molar-refractivity contribution is -0.111. The van der Waals surface area contributed by atoms with Gasteiger partial charge in [-0.25, -0.2) is 0 Å². The second-order valence-electron chi connectivity index (χ2n) is 11.4. The van der Waals surface area contributed by atoms with E-state index in [0.717, 1.165) is 72.0 Å². The number of rotatable bonds is 9. The number of carbonyl (C=O) groups is 2. The molecule has 2 aliphatic heterocycles. The average molecular weight is 584 g/mol. The molecule has 0 radical (unpaired) electrons. The number of hydrogen-bond acceptors (Lipinski definition) is 6. The van der Waals surface area contributed by atoms with Crippen LogP contribution in [0.3, 0.4) is 0 Å². The molecule has 0 saturated carbocycles. The Morgan fingerprint density at radius 3 is 2.53 bits per heavy atom. The summed E-state index contributed by atoms with van der Waals surface area (Å²) in [5.74, 6) is -0.460. The number of fused-ring (bicyclic) bond motifs is 1. The number of hydrogen-bond donors (Lipinski definition) is 3. The molecule has 1 aromatic heterocycles. The van der Waals surface area contributed by atoms with Gasteiger partial charge in [-0.3, -0.25) is 14.4 Å². The van der Waals surface area contributed by atoms with Crippen LogP contribution >= 0.6 is 0 Å². The number of aromatic nitrogens is 1. The Bertz CT molecular complexity index is 1600. The number of aryl methyl sites for hydroxylation is 2. The minimum atomic E-state index is -0.246. The van der Waals surface area contributed by atoms with Crippen LogP contribution in [0, 0.1) is 20.8 Å². The van der Waals surface area contributed by atoms with Crippen LogP contribution in [0.25, 0.3) is 0 Å². The van der Waals surface area contributed by atoms with Crippen LogP contribution in [0.15, 0.2) is 53.8 Å². The van der Waals surface area contributed by atoms with Gasteiger partial charge in [0.05, 0.1) is 0 Å². The van der Waals surface area contributed by atoms with Crippen molar-refractivity contribution in [3.8, 4) is 0 Å². The summed E-state index contributed by atoms with van der Waals surface area (Å²) in [6.07, 6.45) is 3.12. The molecule has 0 spiro atoms. The van der Waals surface area contributed by atoms with E-state index in [1.54, 1.807) is 0 Å². The molecule has 0 unspecified atom stereocenters. The highest BCUT2D eigenvalue weighted by Gasteiger charge is 2.27. The number of H-pyrrole nitrogens is 1. The zero-order valence-corrected chi connectivity index (χ0v) is 25.5. The largest absolute Gasteiger partial charge is 0.381 e. The van der Waals surface area contributed by atoms with E-state index in [9.17, 15) is 14.4 Å². The third kappa shape index (κ3) is 6.51. The van der Waals surface area contributed by atoms with Gasteiger partial charge < -0.3 is 30.2 Å². The fraction of sp³-hybridized carbons (Fsp3) is 0.382. The Morgan fingerprint density at radius 2 is 1.84 bits per heavy atom. The zero-order valence-electron chi connectivity index (χ0n) is 25.5. The summed E-state index contributed by atoms with van der Waals surface area (Å²) in [5, 5.41) is 5.87. The van der Waals surface area contributed by atoms with Gasteiger partial charge in [-0.15, -0.1) is 0 Å². The molecule has 9 nitrogen and oxygen atoms in total. The van der Waals surface area contributed by atoms with Crippen molar-refractivity contribution in [2.45, 2.75) is 66.2 Å². The van der Waals surface area contributed by atoms with E-state index in [1.807, 2.05) is 51.1 Å². The van der Waals surface area contributed by atoms with Crippen molar-refractivity contribution in [3.63, 3.8) is 0 Å². The molecule has 2 aliphatic rings. The third-order valence-electron chi connectivity index (χ3n) is 8.56. The number of benzene rings is 2. The van der Waals surface area contributed by atoms with Crippen LogP contribution < -0.4 is 26.0 Å². The first-order valence-corrected chi connectivity index (χ1v) is 14.9. The summed E-state index contributed by atoms with van der Waals surface area (Å²) in [7, 11) is 0. The summed E-state index contributed by atoms with van der Waals surface area (Å²) in [6, 6.07) is 12.3. The molecule has 226 valence electrons. The molecule has 1 fully saturated rings. The summed E-state index contributed by atoms with van der Waals surface area (Å²) in [4.78, 5) is 45.8. The SMILES string of the molecule is C=CC(=O)Nc1ccc2c(c1)CN(c1cc(C(=O)NCc3c(C)cc(C)[nH]c3=O)c(C)c(N(CC)C3CCOCC3)c1)C2. The molecular weight excluding hydrogens is 542 g/mol. The Labute approximate surface area is 252 Å². The van der Waals surface area contributed by atoms with Gasteiger partial charge in [-0.1, -0.05) is 12.6 Å². The Balaban J connectivity index is 1.48. The maximum Gasteiger partial charge on any atom is 0.253 e. The number of anilines is 3. The molecule has 2 amide bonds. The van der Waals surface area contributed by atoms with Crippen molar-refractivity contribution in [1.29, 1.82) is 0 Å². The second-order valence-corrected chi connectivity index (χ2v) is 11.4. The van der Waals surface area contributed by atoms with E-state index < -0.39 is 0 Å². The van der Waals surface area contributed by atoms with E-state index in [4.69, 9.17) is 4.74 Å². The lowest BCUT2D eigenvalue weighted by Gasteiger charge is -2.37. The molecule has 0 bridgehead atoms. The first kappa shape index (κ1) is 30.1. The van der Waals surface area contributed by atoms with Crippen molar-refractivity contribution in [2.24, 2.45) is 0 Å². The number of nitrogens with one attached hydrogen (secondary N) is 3. The Kier molecular flexibility index (Phi) is 9.01. The van der Waals surface area contributed by atoms with Crippen molar-refractivity contribution >= 4 is 28.9 Å². The van der Waals surface area contributed by atoms with Crippen LogP contribution in [-0.2, 0) is 29.2 Å². The first-order chi connectivity index (χ1) is 20.7. The highest BCUT2D eigenvalue weighted by atomic mass is 16.5. The van der Waals surface area contributed by atoms with Crippen LogP contribution in [0.2, 0.25) is 0 Å². The minimum absolute atomic E-state index is 0.144. The highest BCUT2D eigenvalue weighted by molar-refractivity contribution is 5.99.